The largest absolute Gasteiger partial charge is 1.00 e. The molecule has 0 spiro atoms. The molecule has 2 N–H and O–H groups in total. The van der Waals surface area contributed by atoms with Crippen LogP contribution in [0.5, 0.6) is 0 Å². The molecule has 0 bridgehead atoms. The van der Waals surface area contributed by atoms with E-state index in [2.05, 4.69) is 10.6 Å². The van der Waals surface area contributed by atoms with Gasteiger partial charge in [0.25, 0.3) is 0 Å². The number of urea groups is 1. The first-order chi connectivity index (χ1) is 7.48. The summed E-state index contributed by atoms with van der Waals surface area (Å²) in [6, 6.07) is -0.720. The van der Waals surface area contributed by atoms with E-state index in [9.17, 15) is 14.4 Å². The first kappa shape index (κ1) is 16.6. The van der Waals surface area contributed by atoms with E-state index in [1.807, 2.05) is 13.8 Å². The minimum atomic E-state index is -1.09. The van der Waals surface area contributed by atoms with Crippen molar-refractivity contribution in [3.63, 3.8) is 0 Å². The Balaban J connectivity index is 0.00000256. The molecule has 1 rings (SSSR count). The average molecular weight is 249 g/mol. The van der Waals surface area contributed by atoms with Crippen LogP contribution in [0.25, 0.3) is 0 Å². The molecule has 0 aromatic rings. The zero-order valence-electron chi connectivity index (χ0n) is 10.9. The van der Waals surface area contributed by atoms with E-state index in [-0.39, 0.29) is 35.5 Å². The molecule has 0 saturated carbocycles. The Bertz CT molecular complexity index is 311. The summed E-state index contributed by atoms with van der Waals surface area (Å²) in [7, 11) is 0. The molecule has 17 heavy (non-hydrogen) atoms. The Kier molecular flexibility index (Phi) is 6.37. The number of imide groups is 2. The van der Waals surface area contributed by atoms with Crippen LogP contribution in [0.4, 0.5) is 4.79 Å². The first-order valence-corrected chi connectivity index (χ1v) is 5.65. The molecular formula is C11H18N2NaO3+. The Morgan fingerprint density at radius 2 is 1.59 bits per heavy atom. The van der Waals surface area contributed by atoms with Gasteiger partial charge in [0.2, 0.25) is 11.8 Å². The van der Waals surface area contributed by atoms with E-state index in [0.717, 1.165) is 12.8 Å². The number of amides is 4. The van der Waals surface area contributed by atoms with Gasteiger partial charge in [-0.3, -0.25) is 20.2 Å². The Hall–Kier alpha value is -0.390. The van der Waals surface area contributed by atoms with E-state index in [4.69, 9.17) is 0 Å². The zero-order chi connectivity index (χ0) is 12.3. The molecule has 1 saturated heterocycles. The maximum absolute atomic E-state index is 11.9. The minimum Gasteiger partial charge on any atom is -0.277 e. The summed E-state index contributed by atoms with van der Waals surface area (Å²) in [6.07, 6.45) is 2.08. The fourth-order valence-electron chi connectivity index (χ4n) is 2.36. The SMILES string of the molecule is CCCC(C)C1(CC)C(=O)NC(=O)NC1=O.[Na+]. The molecular weight excluding hydrogens is 231 g/mol. The van der Waals surface area contributed by atoms with Crippen LogP contribution in [-0.4, -0.2) is 17.8 Å². The quantitative estimate of drug-likeness (QED) is 0.455. The molecule has 4 amide bonds. The monoisotopic (exact) mass is 249 g/mol. The summed E-state index contributed by atoms with van der Waals surface area (Å²) in [6.45, 7) is 5.67. The van der Waals surface area contributed by atoms with Crippen molar-refractivity contribution in [1.82, 2.24) is 10.6 Å². The van der Waals surface area contributed by atoms with Crippen LogP contribution in [0.2, 0.25) is 0 Å². The fraction of sp³-hybridized carbons (Fsp3) is 0.727. The van der Waals surface area contributed by atoms with E-state index in [1.54, 1.807) is 6.92 Å². The number of rotatable bonds is 4. The Morgan fingerprint density at radius 3 is 1.94 bits per heavy atom. The van der Waals surface area contributed by atoms with Crippen molar-refractivity contribution >= 4 is 17.8 Å². The van der Waals surface area contributed by atoms with Gasteiger partial charge in [-0.1, -0.05) is 27.2 Å². The van der Waals surface area contributed by atoms with Crippen molar-refractivity contribution in [2.45, 2.75) is 40.0 Å². The molecule has 1 unspecified atom stereocenters. The third-order valence-electron chi connectivity index (χ3n) is 3.39. The predicted octanol–water partition coefficient (Wildman–Crippen LogP) is -1.81. The van der Waals surface area contributed by atoms with Crippen molar-refractivity contribution in [1.29, 1.82) is 0 Å². The van der Waals surface area contributed by atoms with Crippen molar-refractivity contribution in [2.75, 3.05) is 0 Å². The van der Waals surface area contributed by atoms with E-state index >= 15 is 0 Å². The normalized spacial score (nSPS) is 20.1. The van der Waals surface area contributed by atoms with Gasteiger partial charge in [-0.2, -0.15) is 0 Å². The summed E-state index contributed by atoms with van der Waals surface area (Å²) in [5.74, 6) is -1.01. The molecule has 1 aliphatic heterocycles. The maximum Gasteiger partial charge on any atom is 1.00 e. The van der Waals surface area contributed by atoms with Gasteiger partial charge in [-0.05, 0) is 18.8 Å². The van der Waals surface area contributed by atoms with Gasteiger partial charge in [-0.25, -0.2) is 4.79 Å². The molecule has 1 fully saturated rings. The van der Waals surface area contributed by atoms with Crippen LogP contribution >= 0.6 is 0 Å². The molecule has 0 aromatic carbocycles. The Labute approximate surface area is 123 Å². The standard InChI is InChI=1S/C11H18N2O3.Na/c1-4-6-7(3)11(5-2)8(14)12-10(16)13-9(11)15;/h7H,4-6H2,1-3H3,(H2,12,13,14,15,16);/q;+1. The van der Waals surface area contributed by atoms with Gasteiger partial charge in [0.05, 0.1) is 0 Å². The van der Waals surface area contributed by atoms with Crippen LogP contribution in [-0.2, 0) is 9.59 Å². The van der Waals surface area contributed by atoms with Crippen LogP contribution in [0.3, 0.4) is 0 Å². The molecule has 90 valence electrons. The fourth-order valence-corrected chi connectivity index (χ4v) is 2.36. The zero-order valence-corrected chi connectivity index (χ0v) is 12.9. The van der Waals surface area contributed by atoms with Gasteiger partial charge >= 0.3 is 35.6 Å². The van der Waals surface area contributed by atoms with Crippen LogP contribution in [0.1, 0.15) is 40.0 Å². The minimum absolute atomic E-state index is 0. The van der Waals surface area contributed by atoms with Crippen molar-refractivity contribution in [3.8, 4) is 0 Å². The number of hydrogen-bond acceptors (Lipinski definition) is 3. The molecule has 1 aliphatic rings. The summed E-state index contributed by atoms with van der Waals surface area (Å²) >= 11 is 0. The van der Waals surface area contributed by atoms with Crippen molar-refractivity contribution in [2.24, 2.45) is 11.3 Å². The van der Waals surface area contributed by atoms with Gasteiger partial charge in [0.15, 0.2) is 0 Å². The summed E-state index contributed by atoms with van der Waals surface area (Å²) < 4.78 is 0. The predicted molar refractivity (Wildman–Crippen MR) is 58.5 cm³/mol. The molecule has 1 heterocycles. The maximum atomic E-state index is 11.9. The molecule has 0 radical (unpaired) electrons. The van der Waals surface area contributed by atoms with E-state index in [0.29, 0.717) is 6.42 Å². The van der Waals surface area contributed by atoms with Gasteiger partial charge in [-0.15, -0.1) is 0 Å². The topological polar surface area (TPSA) is 75.3 Å². The van der Waals surface area contributed by atoms with Gasteiger partial charge < -0.3 is 0 Å². The molecule has 0 aliphatic carbocycles. The number of barbiturate groups is 1. The second-order valence-corrected chi connectivity index (χ2v) is 4.25. The molecule has 1 atom stereocenters. The summed E-state index contributed by atoms with van der Waals surface area (Å²) in [5, 5.41) is 4.36. The van der Waals surface area contributed by atoms with Crippen molar-refractivity contribution in [3.05, 3.63) is 0 Å². The van der Waals surface area contributed by atoms with E-state index in [1.165, 1.54) is 0 Å². The number of hydrogen-bond donors (Lipinski definition) is 2. The first-order valence-electron chi connectivity index (χ1n) is 5.65. The second-order valence-electron chi connectivity index (χ2n) is 4.25. The number of carbonyl (C=O) groups is 3. The Morgan fingerprint density at radius 1 is 1.12 bits per heavy atom. The van der Waals surface area contributed by atoms with Crippen molar-refractivity contribution < 1.29 is 43.9 Å². The third-order valence-corrected chi connectivity index (χ3v) is 3.39. The number of carbonyl (C=O) groups excluding carboxylic acids is 3. The summed E-state index contributed by atoms with van der Waals surface area (Å²) in [4.78, 5) is 34.8. The molecule has 5 nitrogen and oxygen atoms in total. The second kappa shape index (κ2) is 6.52. The number of nitrogens with one attached hydrogen (secondary N) is 2. The van der Waals surface area contributed by atoms with Crippen LogP contribution in [0.15, 0.2) is 0 Å². The summed E-state index contributed by atoms with van der Waals surface area (Å²) in [5.41, 5.74) is -1.09. The molecule has 6 heteroatoms. The van der Waals surface area contributed by atoms with Crippen LogP contribution < -0.4 is 40.2 Å². The average Bonchev–Trinajstić information content (AvgIpc) is 2.18. The van der Waals surface area contributed by atoms with E-state index < -0.39 is 23.3 Å². The third kappa shape index (κ3) is 2.89. The smallest absolute Gasteiger partial charge is 0.277 e. The van der Waals surface area contributed by atoms with Gasteiger partial charge in [0.1, 0.15) is 5.41 Å². The molecule has 0 aromatic heterocycles. The van der Waals surface area contributed by atoms with Crippen LogP contribution in [0, 0.1) is 11.3 Å². The van der Waals surface area contributed by atoms with Gasteiger partial charge in [0, 0.05) is 0 Å².